The number of anilines is 2. The van der Waals surface area contributed by atoms with Crippen LogP contribution in [0, 0.1) is 12.8 Å². The second kappa shape index (κ2) is 12.9. The first-order valence-corrected chi connectivity index (χ1v) is 14.5. The van der Waals surface area contributed by atoms with E-state index >= 15 is 0 Å². The van der Waals surface area contributed by atoms with E-state index in [0.717, 1.165) is 70.5 Å². The monoisotopic (exact) mass is 505 g/mol. The zero-order valence-corrected chi connectivity index (χ0v) is 23.3. The predicted molar refractivity (Wildman–Crippen MR) is 154 cm³/mol. The SMILES string of the molecule is Cc1ccccc1N1CCC(O)(CN2CCCCCCCN(C(=O)CC(C)C)c3ccccc3C2)CC1. The van der Waals surface area contributed by atoms with Gasteiger partial charge in [0, 0.05) is 50.5 Å². The van der Waals surface area contributed by atoms with Crippen LogP contribution in [0.3, 0.4) is 0 Å². The maximum Gasteiger partial charge on any atom is 0.227 e. The minimum Gasteiger partial charge on any atom is -0.388 e. The van der Waals surface area contributed by atoms with Gasteiger partial charge in [-0.25, -0.2) is 0 Å². The van der Waals surface area contributed by atoms with E-state index in [1.807, 2.05) is 4.90 Å². The lowest BCUT2D eigenvalue weighted by molar-refractivity contribution is -0.119. The molecule has 1 N–H and O–H groups in total. The molecule has 1 fully saturated rings. The lowest BCUT2D eigenvalue weighted by atomic mass is 9.89. The summed E-state index contributed by atoms with van der Waals surface area (Å²) >= 11 is 0. The summed E-state index contributed by atoms with van der Waals surface area (Å²) in [6.45, 7) is 11.4. The largest absolute Gasteiger partial charge is 0.388 e. The quantitative estimate of drug-likeness (QED) is 0.528. The van der Waals surface area contributed by atoms with Crippen molar-refractivity contribution in [3.63, 3.8) is 0 Å². The number of rotatable bonds is 5. The van der Waals surface area contributed by atoms with Crippen LogP contribution >= 0.6 is 0 Å². The van der Waals surface area contributed by atoms with Gasteiger partial charge in [0.2, 0.25) is 5.91 Å². The molecule has 4 rings (SSSR count). The van der Waals surface area contributed by atoms with Crippen LogP contribution in [0.25, 0.3) is 0 Å². The number of aliphatic hydroxyl groups is 1. The number of amides is 1. The molecule has 0 unspecified atom stereocenters. The fourth-order valence-corrected chi connectivity index (χ4v) is 5.99. The molecule has 0 atom stereocenters. The van der Waals surface area contributed by atoms with Gasteiger partial charge >= 0.3 is 0 Å². The summed E-state index contributed by atoms with van der Waals surface area (Å²) < 4.78 is 0. The van der Waals surface area contributed by atoms with Gasteiger partial charge in [0.1, 0.15) is 0 Å². The van der Waals surface area contributed by atoms with E-state index in [1.165, 1.54) is 29.7 Å². The minimum absolute atomic E-state index is 0.230. The summed E-state index contributed by atoms with van der Waals surface area (Å²) in [6.07, 6.45) is 7.91. The third-order valence-corrected chi connectivity index (χ3v) is 8.08. The van der Waals surface area contributed by atoms with E-state index in [-0.39, 0.29) is 5.91 Å². The van der Waals surface area contributed by atoms with Crippen molar-refractivity contribution in [2.24, 2.45) is 5.92 Å². The average Bonchev–Trinajstić information content (AvgIpc) is 2.86. The number of hydrogen-bond donors (Lipinski definition) is 1. The van der Waals surface area contributed by atoms with Gasteiger partial charge in [-0.3, -0.25) is 9.69 Å². The smallest absolute Gasteiger partial charge is 0.227 e. The molecule has 0 radical (unpaired) electrons. The molecule has 202 valence electrons. The Balaban J connectivity index is 1.50. The Morgan fingerprint density at radius 2 is 1.49 bits per heavy atom. The molecule has 0 bridgehead atoms. The number of fused-ring (bicyclic) bond motifs is 1. The third kappa shape index (κ3) is 7.58. The molecular formula is C32H47N3O2. The number of carbonyl (C=O) groups is 1. The zero-order chi connectivity index (χ0) is 26.3. The summed E-state index contributed by atoms with van der Waals surface area (Å²) in [4.78, 5) is 20.2. The van der Waals surface area contributed by atoms with Gasteiger partial charge in [-0.05, 0) is 68.3 Å². The fraction of sp³-hybridized carbons (Fsp3) is 0.594. The molecule has 1 saturated heterocycles. The van der Waals surface area contributed by atoms with E-state index in [9.17, 15) is 9.90 Å². The highest BCUT2D eigenvalue weighted by Gasteiger charge is 2.35. The number of para-hydroxylation sites is 2. The Hall–Kier alpha value is -2.37. The van der Waals surface area contributed by atoms with Gasteiger partial charge in [0.15, 0.2) is 0 Å². The van der Waals surface area contributed by atoms with Crippen LogP contribution in [-0.2, 0) is 11.3 Å². The van der Waals surface area contributed by atoms with Gasteiger partial charge in [-0.15, -0.1) is 0 Å². The topological polar surface area (TPSA) is 47.0 Å². The van der Waals surface area contributed by atoms with Gasteiger partial charge in [-0.2, -0.15) is 0 Å². The molecule has 0 saturated carbocycles. The minimum atomic E-state index is -0.682. The molecule has 0 spiro atoms. The molecule has 2 aromatic carbocycles. The molecule has 5 heteroatoms. The maximum atomic E-state index is 13.3. The maximum absolute atomic E-state index is 13.3. The molecule has 0 aliphatic carbocycles. The number of carbonyl (C=O) groups excluding carboxylic acids is 1. The first-order chi connectivity index (χ1) is 17.8. The summed E-state index contributed by atoms with van der Waals surface area (Å²) in [7, 11) is 0. The van der Waals surface area contributed by atoms with E-state index in [2.05, 4.69) is 79.1 Å². The van der Waals surface area contributed by atoms with Gasteiger partial charge in [0.05, 0.1) is 5.60 Å². The van der Waals surface area contributed by atoms with Crippen molar-refractivity contribution in [2.75, 3.05) is 42.5 Å². The Bertz CT molecular complexity index is 1010. The van der Waals surface area contributed by atoms with Crippen LogP contribution in [0.2, 0.25) is 0 Å². The van der Waals surface area contributed by atoms with Crippen LogP contribution in [0.5, 0.6) is 0 Å². The molecule has 0 aromatic heterocycles. The number of piperidine rings is 1. The molecule has 2 aromatic rings. The van der Waals surface area contributed by atoms with Crippen LogP contribution in [0.4, 0.5) is 11.4 Å². The molecule has 5 nitrogen and oxygen atoms in total. The van der Waals surface area contributed by atoms with Crippen molar-refractivity contribution in [2.45, 2.75) is 84.3 Å². The second-order valence-corrected chi connectivity index (χ2v) is 11.7. The number of aryl methyl sites for hydroxylation is 1. The van der Waals surface area contributed by atoms with Crippen molar-refractivity contribution in [1.29, 1.82) is 0 Å². The Morgan fingerprint density at radius 3 is 2.19 bits per heavy atom. The first kappa shape index (κ1) is 27.7. The van der Waals surface area contributed by atoms with Crippen LogP contribution in [0.15, 0.2) is 48.5 Å². The Labute approximate surface area is 224 Å². The molecule has 1 amide bonds. The van der Waals surface area contributed by atoms with Gasteiger partial charge < -0.3 is 14.9 Å². The lowest BCUT2D eigenvalue weighted by Crippen LogP contribution is -2.51. The molecular weight excluding hydrogens is 458 g/mol. The summed E-state index contributed by atoms with van der Waals surface area (Å²) in [5.41, 5.74) is 4.15. The van der Waals surface area contributed by atoms with Crippen molar-refractivity contribution in [3.05, 3.63) is 59.7 Å². The average molecular weight is 506 g/mol. The van der Waals surface area contributed by atoms with Crippen molar-refractivity contribution in [1.82, 2.24) is 4.90 Å². The molecule has 37 heavy (non-hydrogen) atoms. The Morgan fingerprint density at radius 1 is 0.865 bits per heavy atom. The molecule has 2 aliphatic heterocycles. The molecule has 2 aliphatic rings. The van der Waals surface area contributed by atoms with Crippen LogP contribution in [-0.4, -0.2) is 54.2 Å². The zero-order valence-electron chi connectivity index (χ0n) is 23.3. The normalized spacial score (nSPS) is 19.7. The Kier molecular flexibility index (Phi) is 9.66. The number of hydrogen-bond acceptors (Lipinski definition) is 4. The van der Waals surface area contributed by atoms with E-state index in [4.69, 9.17) is 0 Å². The number of benzene rings is 2. The van der Waals surface area contributed by atoms with E-state index in [0.29, 0.717) is 18.9 Å². The van der Waals surface area contributed by atoms with Gasteiger partial charge in [-0.1, -0.05) is 69.5 Å². The summed E-state index contributed by atoms with van der Waals surface area (Å²) in [6, 6.07) is 17.0. The first-order valence-electron chi connectivity index (χ1n) is 14.5. The van der Waals surface area contributed by atoms with Crippen LogP contribution in [0.1, 0.15) is 76.3 Å². The number of β-amino-alcohol motifs (C(OH)–C–C–N with tert-alkyl or cyclic N) is 1. The van der Waals surface area contributed by atoms with Crippen molar-refractivity contribution < 1.29 is 9.90 Å². The third-order valence-electron chi connectivity index (χ3n) is 8.08. The van der Waals surface area contributed by atoms with E-state index in [1.54, 1.807) is 0 Å². The van der Waals surface area contributed by atoms with Crippen LogP contribution < -0.4 is 9.80 Å². The summed E-state index contributed by atoms with van der Waals surface area (Å²) in [5, 5.41) is 11.7. The standard InChI is InChI=1S/C32H47N3O2/c1-26(2)23-31(36)35-20-12-6-4-5-11-19-33(24-28-14-8-10-16-30(28)35)25-32(37)17-21-34(22-18-32)29-15-9-7-13-27(29)3/h7-10,13-16,26,37H,4-6,11-12,17-25H2,1-3H3. The lowest BCUT2D eigenvalue weighted by Gasteiger charge is -2.42. The summed E-state index contributed by atoms with van der Waals surface area (Å²) in [5.74, 6) is 0.575. The van der Waals surface area contributed by atoms with Crippen molar-refractivity contribution in [3.8, 4) is 0 Å². The highest BCUT2D eigenvalue weighted by atomic mass is 16.3. The van der Waals surface area contributed by atoms with Crippen molar-refractivity contribution >= 4 is 17.3 Å². The fourth-order valence-electron chi connectivity index (χ4n) is 5.99. The predicted octanol–water partition coefficient (Wildman–Crippen LogP) is 6.17. The number of nitrogens with zero attached hydrogens (tertiary/aromatic N) is 3. The highest BCUT2D eigenvalue weighted by molar-refractivity contribution is 5.94. The van der Waals surface area contributed by atoms with Gasteiger partial charge in [0.25, 0.3) is 0 Å². The second-order valence-electron chi connectivity index (χ2n) is 11.7. The highest BCUT2D eigenvalue weighted by Crippen LogP contribution is 2.31. The molecule has 2 heterocycles. The van der Waals surface area contributed by atoms with E-state index < -0.39 is 5.60 Å².